The number of carbonyl (C=O) groups is 1. The fourth-order valence-corrected chi connectivity index (χ4v) is 1.74. The minimum absolute atomic E-state index is 0.165. The molecule has 116 valence electrons. The van der Waals surface area contributed by atoms with Crippen LogP contribution in [0.2, 0.25) is 0 Å². The molecule has 0 bridgehead atoms. The summed E-state index contributed by atoms with van der Waals surface area (Å²) in [4.78, 5) is 23.9. The Morgan fingerprint density at radius 3 is 2.64 bits per heavy atom. The van der Waals surface area contributed by atoms with Gasteiger partial charge in [0.25, 0.3) is 0 Å². The van der Waals surface area contributed by atoms with Crippen molar-refractivity contribution in [3.8, 4) is 11.5 Å². The van der Waals surface area contributed by atoms with Crippen molar-refractivity contribution in [3.63, 3.8) is 0 Å². The fourth-order valence-electron chi connectivity index (χ4n) is 1.74. The fraction of sp³-hybridized carbons (Fsp3) is 0.333. The molecule has 0 saturated heterocycles. The standard InChI is InChI=1S/C15H18N4O3/c1-9-10(2)18-13(11-6-4-5-7-16-11)19-12(9)17-8-15(3,22)14(20)21/h4-7,22H,8H2,1-3H3,(H,20,21)(H,17,18,19). The van der Waals surface area contributed by atoms with Crippen LogP contribution in [0, 0.1) is 13.8 Å². The minimum atomic E-state index is -1.88. The molecule has 2 heterocycles. The van der Waals surface area contributed by atoms with Gasteiger partial charge in [-0.15, -0.1) is 0 Å². The van der Waals surface area contributed by atoms with Crippen LogP contribution in [-0.2, 0) is 4.79 Å². The molecule has 2 aromatic rings. The lowest BCUT2D eigenvalue weighted by molar-refractivity contribution is -0.155. The minimum Gasteiger partial charge on any atom is -0.479 e. The van der Waals surface area contributed by atoms with Crippen molar-refractivity contribution >= 4 is 11.8 Å². The highest BCUT2D eigenvalue weighted by Gasteiger charge is 2.30. The maximum atomic E-state index is 10.9. The first-order chi connectivity index (χ1) is 10.3. The highest BCUT2D eigenvalue weighted by molar-refractivity contribution is 5.77. The normalized spacial score (nSPS) is 13.5. The third-order valence-electron chi connectivity index (χ3n) is 3.34. The molecule has 0 saturated carbocycles. The molecule has 0 aliphatic rings. The Bertz CT molecular complexity index is 687. The second kappa shape index (κ2) is 6.07. The van der Waals surface area contributed by atoms with Gasteiger partial charge in [0.15, 0.2) is 11.4 Å². The Kier molecular flexibility index (Phi) is 4.37. The molecule has 1 atom stereocenters. The molecule has 0 radical (unpaired) electrons. The van der Waals surface area contributed by atoms with E-state index in [1.807, 2.05) is 19.9 Å². The zero-order chi connectivity index (χ0) is 16.3. The zero-order valence-corrected chi connectivity index (χ0v) is 12.7. The highest BCUT2D eigenvalue weighted by Crippen LogP contribution is 2.20. The molecule has 0 aromatic carbocycles. The van der Waals surface area contributed by atoms with Crippen LogP contribution in [0.3, 0.4) is 0 Å². The first-order valence-corrected chi connectivity index (χ1v) is 6.77. The van der Waals surface area contributed by atoms with E-state index in [0.717, 1.165) is 11.3 Å². The third-order valence-corrected chi connectivity index (χ3v) is 3.34. The Hall–Kier alpha value is -2.54. The zero-order valence-electron chi connectivity index (χ0n) is 12.7. The summed E-state index contributed by atoms with van der Waals surface area (Å²) in [6, 6.07) is 5.43. The average molecular weight is 302 g/mol. The molecule has 7 heteroatoms. The van der Waals surface area contributed by atoms with E-state index in [4.69, 9.17) is 5.11 Å². The van der Waals surface area contributed by atoms with Gasteiger partial charge >= 0.3 is 5.97 Å². The van der Waals surface area contributed by atoms with Gasteiger partial charge in [-0.05, 0) is 32.9 Å². The van der Waals surface area contributed by atoms with Crippen molar-refractivity contribution in [3.05, 3.63) is 35.7 Å². The largest absolute Gasteiger partial charge is 0.479 e. The predicted octanol–water partition coefficient (Wildman–Crippen LogP) is 1.40. The maximum Gasteiger partial charge on any atom is 0.337 e. The van der Waals surface area contributed by atoms with E-state index >= 15 is 0 Å². The molecule has 0 aliphatic heterocycles. The van der Waals surface area contributed by atoms with E-state index in [1.54, 1.807) is 18.3 Å². The van der Waals surface area contributed by atoms with Gasteiger partial charge in [0.2, 0.25) is 0 Å². The summed E-state index contributed by atoms with van der Waals surface area (Å²) in [5, 5.41) is 21.6. The lowest BCUT2D eigenvalue weighted by atomic mass is 10.1. The van der Waals surface area contributed by atoms with Crippen molar-refractivity contribution < 1.29 is 15.0 Å². The number of carboxylic acids is 1. The van der Waals surface area contributed by atoms with E-state index in [1.165, 1.54) is 6.92 Å². The first kappa shape index (κ1) is 15.8. The number of carboxylic acid groups (broad SMARTS) is 1. The Morgan fingerprint density at radius 2 is 2.05 bits per heavy atom. The second-order valence-electron chi connectivity index (χ2n) is 5.25. The number of aromatic nitrogens is 3. The van der Waals surface area contributed by atoms with Crippen LogP contribution < -0.4 is 5.32 Å². The van der Waals surface area contributed by atoms with Crippen LogP contribution >= 0.6 is 0 Å². The lowest BCUT2D eigenvalue weighted by Crippen LogP contribution is -2.42. The van der Waals surface area contributed by atoms with E-state index < -0.39 is 11.6 Å². The van der Waals surface area contributed by atoms with Crippen LogP contribution in [0.4, 0.5) is 5.82 Å². The van der Waals surface area contributed by atoms with Gasteiger partial charge in [-0.1, -0.05) is 6.07 Å². The molecule has 0 spiro atoms. The Labute approximate surface area is 128 Å². The van der Waals surface area contributed by atoms with Crippen LogP contribution in [-0.4, -0.2) is 43.3 Å². The number of aliphatic carboxylic acids is 1. The first-order valence-electron chi connectivity index (χ1n) is 6.77. The SMILES string of the molecule is Cc1nc(-c2ccccn2)nc(NCC(C)(O)C(=O)O)c1C. The quantitative estimate of drug-likeness (QED) is 0.766. The topological polar surface area (TPSA) is 108 Å². The predicted molar refractivity (Wildman–Crippen MR) is 81.5 cm³/mol. The molecule has 7 nitrogen and oxygen atoms in total. The third kappa shape index (κ3) is 3.37. The number of nitrogens with zero attached hydrogens (tertiary/aromatic N) is 3. The number of hydrogen-bond acceptors (Lipinski definition) is 6. The summed E-state index contributed by atoms with van der Waals surface area (Å²) in [6.07, 6.45) is 1.65. The van der Waals surface area contributed by atoms with Crippen molar-refractivity contribution in [2.45, 2.75) is 26.4 Å². The second-order valence-corrected chi connectivity index (χ2v) is 5.25. The van der Waals surface area contributed by atoms with Crippen molar-refractivity contribution in [2.75, 3.05) is 11.9 Å². The Balaban J connectivity index is 2.32. The van der Waals surface area contributed by atoms with Gasteiger partial charge in [0.05, 0.1) is 6.54 Å². The van der Waals surface area contributed by atoms with Gasteiger partial charge in [-0.25, -0.2) is 14.8 Å². The smallest absolute Gasteiger partial charge is 0.337 e. The summed E-state index contributed by atoms with van der Waals surface area (Å²) in [6.45, 7) is 4.73. The number of rotatable bonds is 5. The van der Waals surface area contributed by atoms with Gasteiger partial charge in [-0.3, -0.25) is 4.98 Å². The van der Waals surface area contributed by atoms with Crippen LogP contribution in [0.1, 0.15) is 18.2 Å². The van der Waals surface area contributed by atoms with Crippen LogP contribution in [0.25, 0.3) is 11.5 Å². The molecular formula is C15H18N4O3. The van der Waals surface area contributed by atoms with Crippen molar-refractivity contribution in [1.29, 1.82) is 0 Å². The molecule has 2 aromatic heterocycles. The molecule has 1 unspecified atom stereocenters. The number of hydrogen-bond donors (Lipinski definition) is 3. The highest BCUT2D eigenvalue weighted by atomic mass is 16.4. The van der Waals surface area contributed by atoms with E-state index in [-0.39, 0.29) is 6.54 Å². The summed E-state index contributed by atoms with van der Waals surface area (Å²) in [5.41, 5.74) is 0.295. The summed E-state index contributed by atoms with van der Waals surface area (Å²) in [5.74, 6) is -0.371. The number of nitrogens with one attached hydrogen (secondary N) is 1. The summed E-state index contributed by atoms with van der Waals surface area (Å²) < 4.78 is 0. The van der Waals surface area contributed by atoms with Crippen LogP contribution in [0.15, 0.2) is 24.4 Å². The molecular weight excluding hydrogens is 284 g/mol. The maximum absolute atomic E-state index is 10.9. The summed E-state index contributed by atoms with van der Waals surface area (Å²) in [7, 11) is 0. The number of pyridine rings is 1. The lowest BCUT2D eigenvalue weighted by Gasteiger charge is -2.20. The molecule has 2 rings (SSSR count). The molecule has 0 fully saturated rings. The van der Waals surface area contributed by atoms with Crippen LogP contribution in [0.5, 0.6) is 0 Å². The molecule has 3 N–H and O–H groups in total. The number of aryl methyl sites for hydroxylation is 1. The molecule has 0 amide bonds. The molecule has 22 heavy (non-hydrogen) atoms. The number of anilines is 1. The summed E-state index contributed by atoms with van der Waals surface area (Å²) >= 11 is 0. The van der Waals surface area contributed by atoms with Crippen molar-refractivity contribution in [2.24, 2.45) is 0 Å². The Morgan fingerprint density at radius 1 is 1.32 bits per heavy atom. The van der Waals surface area contributed by atoms with Gasteiger partial charge in [-0.2, -0.15) is 0 Å². The van der Waals surface area contributed by atoms with Crippen molar-refractivity contribution in [1.82, 2.24) is 15.0 Å². The van der Waals surface area contributed by atoms with E-state index in [9.17, 15) is 9.90 Å². The number of aliphatic hydroxyl groups is 1. The van der Waals surface area contributed by atoms with Gasteiger partial charge < -0.3 is 15.5 Å². The van der Waals surface area contributed by atoms with E-state index in [2.05, 4.69) is 20.3 Å². The van der Waals surface area contributed by atoms with E-state index in [0.29, 0.717) is 17.3 Å². The molecule has 0 aliphatic carbocycles. The monoisotopic (exact) mass is 302 g/mol. The van der Waals surface area contributed by atoms with Gasteiger partial charge in [0.1, 0.15) is 11.5 Å². The van der Waals surface area contributed by atoms with Gasteiger partial charge in [0, 0.05) is 17.5 Å². The average Bonchev–Trinajstić information content (AvgIpc) is 2.49.